The fraction of sp³-hybridized carbons (Fsp3) is 0.788. The van der Waals surface area contributed by atoms with E-state index in [1.165, 1.54) is 109 Å². The van der Waals surface area contributed by atoms with Crippen molar-refractivity contribution >= 4 is 25.7 Å². The van der Waals surface area contributed by atoms with E-state index in [4.69, 9.17) is 24.8 Å². The second-order valence-electron chi connectivity index (χ2n) is 17.3. The summed E-state index contributed by atoms with van der Waals surface area (Å²) in [4.78, 5) is 46.2. The van der Waals surface area contributed by atoms with Crippen molar-refractivity contribution in [1.29, 1.82) is 0 Å². The molecular weight excluding hydrogens is 830 g/mol. The van der Waals surface area contributed by atoms with Crippen molar-refractivity contribution in [3.63, 3.8) is 0 Å². The third kappa shape index (κ3) is 46.0. The van der Waals surface area contributed by atoms with Gasteiger partial charge in [0.25, 0.3) is 0 Å². The van der Waals surface area contributed by atoms with Crippen LogP contribution in [0.5, 0.6) is 0 Å². The number of allylic oxidation sites excluding steroid dienone is 8. The molecule has 0 saturated carbocycles. The van der Waals surface area contributed by atoms with Gasteiger partial charge in [-0.2, -0.15) is 0 Å². The molecule has 12 heteroatoms. The Bertz CT molecular complexity index is 1270. The number of hydrogen-bond acceptors (Lipinski definition) is 9. The molecular formula is C52H94NO10P. The predicted octanol–water partition coefficient (Wildman–Crippen LogP) is 14.5. The first-order chi connectivity index (χ1) is 31.1. The van der Waals surface area contributed by atoms with Gasteiger partial charge in [0, 0.05) is 12.8 Å². The number of unbranched alkanes of at least 4 members (excludes halogenated alkanes) is 26. The maximum Gasteiger partial charge on any atom is 0.472 e. The molecule has 0 aromatic heterocycles. The van der Waals surface area contributed by atoms with Gasteiger partial charge in [0.1, 0.15) is 12.6 Å². The monoisotopic (exact) mass is 924 g/mol. The van der Waals surface area contributed by atoms with E-state index in [1.807, 2.05) is 0 Å². The van der Waals surface area contributed by atoms with Gasteiger partial charge in [-0.15, -0.1) is 0 Å². The molecule has 11 nitrogen and oxygen atoms in total. The van der Waals surface area contributed by atoms with Gasteiger partial charge < -0.3 is 25.2 Å². The molecule has 64 heavy (non-hydrogen) atoms. The third-order valence-electron chi connectivity index (χ3n) is 11.1. The first-order valence-corrected chi connectivity index (χ1v) is 27.2. The summed E-state index contributed by atoms with van der Waals surface area (Å²) >= 11 is 0. The summed E-state index contributed by atoms with van der Waals surface area (Å²) < 4.78 is 32.8. The Labute approximate surface area is 390 Å². The second kappa shape index (κ2) is 47.0. The van der Waals surface area contributed by atoms with Gasteiger partial charge in [-0.25, -0.2) is 4.57 Å². The highest BCUT2D eigenvalue weighted by Crippen LogP contribution is 2.43. The van der Waals surface area contributed by atoms with Gasteiger partial charge in [0.2, 0.25) is 0 Å². The fourth-order valence-corrected chi connectivity index (χ4v) is 7.90. The average Bonchev–Trinajstić information content (AvgIpc) is 3.27. The van der Waals surface area contributed by atoms with E-state index in [9.17, 15) is 23.8 Å². The molecule has 0 amide bonds. The van der Waals surface area contributed by atoms with Crippen LogP contribution in [-0.4, -0.2) is 59.9 Å². The highest BCUT2D eigenvalue weighted by atomic mass is 31.2. The first-order valence-electron chi connectivity index (χ1n) is 25.7. The van der Waals surface area contributed by atoms with Gasteiger partial charge in [-0.3, -0.25) is 23.4 Å². The van der Waals surface area contributed by atoms with Crippen LogP contribution in [0.3, 0.4) is 0 Å². The van der Waals surface area contributed by atoms with Crippen LogP contribution in [0.25, 0.3) is 0 Å². The number of nitrogens with two attached hydrogens (primary N) is 1. The molecule has 0 radical (unpaired) electrons. The summed E-state index contributed by atoms with van der Waals surface area (Å²) in [7, 11) is -4.73. The Balaban J connectivity index is 4.25. The number of hydrogen-bond donors (Lipinski definition) is 3. The molecule has 0 aliphatic heterocycles. The van der Waals surface area contributed by atoms with Crippen molar-refractivity contribution in [2.75, 3.05) is 19.8 Å². The molecule has 0 saturated heterocycles. The van der Waals surface area contributed by atoms with Crippen molar-refractivity contribution in [2.45, 2.75) is 244 Å². The van der Waals surface area contributed by atoms with Crippen LogP contribution in [0.2, 0.25) is 0 Å². The molecule has 0 aliphatic rings. The van der Waals surface area contributed by atoms with E-state index in [0.717, 1.165) is 83.5 Å². The van der Waals surface area contributed by atoms with Crippen molar-refractivity contribution < 1.29 is 47.5 Å². The minimum absolute atomic E-state index is 0.145. The van der Waals surface area contributed by atoms with Gasteiger partial charge in [-0.1, -0.05) is 217 Å². The summed E-state index contributed by atoms with van der Waals surface area (Å²) in [6.07, 6.45) is 54.6. The van der Waals surface area contributed by atoms with E-state index in [-0.39, 0.29) is 19.4 Å². The molecule has 4 N–H and O–H groups in total. The zero-order valence-corrected chi connectivity index (χ0v) is 41.5. The Morgan fingerprint density at radius 2 is 0.875 bits per heavy atom. The largest absolute Gasteiger partial charge is 0.480 e. The minimum Gasteiger partial charge on any atom is -0.480 e. The zero-order valence-electron chi connectivity index (χ0n) is 40.6. The Morgan fingerprint density at radius 3 is 1.31 bits per heavy atom. The topological polar surface area (TPSA) is 172 Å². The summed E-state index contributed by atoms with van der Waals surface area (Å²) in [5.41, 5.74) is 5.35. The van der Waals surface area contributed by atoms with Crippen LogP contribution in [0.15, 0.2) is 48.6 Å². The van der Waals surface area contributed by atoms with Crippen LogP contribution in [0.4, 0.5) is 0 Å². The highest BCUT2D eigenvalue weighted by Gasteiger charge is 2.28. The summed E-state index contributed by atoms with van der Waals surface area (Å²) in [6.45, 7) is 2.71. The van der Waals surface area contributed by atoms with E-state index in [1.54, 1.807) is 0 Å². The number of carboxylic acid groups (broad SMARTS) is 1. The molecule has 0 aromatic rings. The highest BCUT2D eigenvalue weighted by molar-refractivity contribution is 7.47. The maximum absolute atomic E-state index is 12.7. The van der Waals surface area contributed by atoms with Crippen LogP contribution in [-0.2, 0) is 37.5 Å². The van der Waals surface area contributed by atoms with Crippen LogP contribution < -0.4 is 5.73 Å². The summed E-state index contributed by atoms with van der Waals surface area (Å²) in [6, 6.07) is -1.53. The first kappa shape index (κ1) is 61.4. The Hall–Kier alpha value is -2.56. The molecule has 0 rings (SSSR count). The lowest BCUT2D eigenvalue weighted by Gasteiger charge is -2.20. The molecule has 0 fully saturated rings. The quantitative estimate of drug-likeness (QED) is 0.0229. The number of rotatable bonds is 48. The summed E-state index contributed by atoms with van der Waals surface area (Å²) in [5.74, 6) is -2.39. The lowest BCUT2D eigenvalue weighted by atomic mass is 10.0. The number of esters is 2. The molecule has 372 valence electrons. The Morgan fingerprint density at radius 1 is 0.500 bits per heavy atom. The lowest BCUT2D eigenvalue weighted by Crippen LogP contribution is -2.34. The zero-order chi connectivity index (χ0) is 47.0. The van der Waals surface area contributed by atoms with Crippen molar-refractivity contribution in [2.24, 2.45) is 5.73 Å². The second-order valence-corrected chi connectivity index (χ2v) is 18.7. The van der Waals surface area contributed by atoms with Crippen molar-refractivity contribution in [3.8, 4) is 0 Å². The van der Waals surface area contributed by atoms with Crippen molar-refractivity contribution in [1.82, 2.24) is 0 Å². The van der Waals surface area contributed by atoms with Crippen LogP contribution >= 0.6 is 7.82 Å². The van der Waals surface area contributed by atoms with E-state index in [0.29, 0.717) is 12.8 Å². The van der Waals surface area contributed by atoms with E-state index >= 15 is 0 Å². The molecule has 0 bridgehead atoms. The lowest BCUT2D eigenvalue weighted by molar-refractivity contribution is -0.161. The van der Waals surface area contributed by atoms with Crippen molar-refractivity contribution in [3.05, 3.63) is 48.6 Å². The number of carboxylic acids is 1. The molecule has 3 unspecified atom stereocenters. The Kier molecular flexibility index (Phi) is 45.1. The normalized spacial score (nSPS) is 13.9. The standard InChI is InChI=1S/C52H94NO10P/c1-3-5-7-9-11-13-15-17-19-21-23-24-26-27-29-31-33-35-37-39-41-43-50(54)60-45-48(46-61-64(58,59)62-47-49(53)52(56)57)63-51(55)44-42-40-38-36-34-32-30-28-25-22-20-18-16-14-12-10-8-6-4-2/h6,8,12,14,18,20,25,28,48-49H,3-5,7,9-11,13,15-17,19,21-24,26-27,29-47,53H2,1-2H3,(H,56,57)(H,58,59)/b8-6-,14-12-,20-18-,28-25-. The molecule has 0 aliphatic carbocycles. The predicted molar refractivity (Wildman–Crippen MR) is 263 cm³/mol. The molecule has 0 spiro atoms. The van der Waals surface area contributed by atoms with Gasteiger partial charge in [0.15, 0.2) is 6.10 Å². The maximum atomic E-state index is 12.7. The number of carbonyl (C=O) groups excluding carboxylic acids is 2. The molecule has 0 heterocycles. The van der Waals surface area contributed by atoms with Gasteiger partial charge in [0.05, 0.1) is 13.2 Å². The molecule has 0 aromatic carbocycles. The number of phosphoric ester groups is 1. The summed E-state index contributed by atoms with van der Waals surface area (Å²) in [5, 5.41) is 8.92. The number of phosphoric acid groups is 1. The SMILES string of the molecule is CC/C=C\C/C=C\C/C=C\C/C=C\CCCCCCCCC(=O)OC(COC(=O)CCCCCCCCCCCCCCCCCCCCCCC)COP(=O)(O)OCC(N)C(=O)O. The van der Waals surface area contributed by atoms with Crippen LogP contribution in [0, 0.1) is 0 Å². The smallest absolute Gasteiger partial charge is 0.472 e. The van der Waals surface area contributed by atoms with E-state index in [2.05, 4.69) is 67.0 Å². The third-order valence-corrected chi connectivity index (χ3v) is 12.0. The minimum atomic E-state index is -4.73. The van der Waals surface area contributed by atoms with Gasteiger partial charge in [-0.05, 0) is 51.4 Å². The fourth-order valence-electron chi connectivity index (χ4n) is 7.12. The molecule has 3 atom stereocenters. The van der Waals surface area contributed by atoms with Crippen LogP contribution in [0.1, 0.15) is 232 Å². The van der Waals surface area contributed by atoms with E-state index < -0.39 is 51.1 Å². The average molecular weight is 924 g/mol. The number of ether oxygens (including phenoxy) is 2. The number of carbonyl (C=O) groups is 3. The number of aliphatic carboxylic acids is 1. The van der Waals surface area contributed by atoms with Gasteiger partial charge >= 0.3 is 25.7 Å².